The Kier molecular flexibility index (Phi) is 5.50. The molecule has 0 heterocycles. The molecule has 0 radical (unpaired) electrons. The maximum Gasteiger partial charge on any atom is 0.119 e. The van der Waals surface area contributed by atoms with Crippen LogP contribution in [-0.2, 0) is 13.2 Å². The monoisotopic (exact) mass is 387 g/mol. The summed E-state index contributed by atoms with van der Waals surface area (Å²) < 4.78 is 6.01. The molecular weight excluding hydrogens is 366 g/mol. The van der Waals surface area contributed by atoms with E-state index in [1.165, 1.54) is 21.9 Å². The molecule has 3 heteroatoms. The quantitative estimate of drug-likeness (QED) is 0.384. The SMILES string of the molecule is Cc1c(Cl)cccc1NCc1ccc(OCc2cccc3ccccc23)cc1. The Balaban J connectivity index is 1.39. The number of hydrogen-bond donors (Lipinski definition) is 1. The fourth-order valence-corrected chi connectivity index (χ4v) is 3.45. The zero-order chi connectivity index (χ0) is 19.3. The van der Waals surface area contributed by atoms with Crippen LogP contribution in [0.5, 0.6) is 5.75 Å². The largest absolute Gasteiger partial charge is 0.489 e. The van der Waals surface area contributed by atoms with E-state index in [1.54, 1.807) is 0 Å². The third kappa shape index (κ3) is 4.13. The minimum atomic E-state index is 0.556. The number of hydrogen-bond acceptors (Lipinski definition) is 2. The highest BCUT2D eigenvalue weighted by molar-refractivity contribution is 6.31. The van der Waals surface area contributed by atoms with Crippen LogP contribution in [0.1, 0.15) is 16.7 Å². The van der Waals surface area contributed by atoms with Crippen LogP contribution < -0.4 is 10.1 Å². The van der Waals surface area contributed by atoms with E-state index in [9.17, 15) is 0 Å². The van der Waals surface area contributed by atoms with Gasteiger partial charge in [-0.25, -0.2) is 0 Å². The van der Waals surface area contributed by atoms with Crippen molar-refractivity contribution in [2.45, 2.75) is 20.1 Å². The highest BCUT2D eigenvalue weighted by Crippen LogP contribution is 2.24. The summed E-state index contributed by atoms with van der Waals surface area (Å²) in [5, 5.41) is 6.70. The van der Waals surface area contributed by atoms with E-state index in [0.29, 0.717) is 6.61 Å². The molecule has 2 nitrogen and oxygen atoms in total. The van der Waals surface area contributed by atoms with E-state index in [0.717, 1.165) is 28.6 Å². The van der Waals surface area contributed by atoms with Crippen LogP contribution in [0.2, 0.25) is 5.02 Å². The van der Waals surface area contributed by atoms with Gasteiger partial charge in [-0.1, -0.05) is 72.3 Å². The summed E-state index contributed by atoms with van der Waals surface area (Å²) in [6, 6.07) is 28.8. The molecule has 28 heavy (non-hydrogen) atoms. The third-order valence-corrected chi connectivity index (χ3v) is 5.36. The van der Waals surface area contributed by atoms with Gasteiger partial charge in [0.15, 0.2) is 0 Å². The van der Waals surface area contributed by atoms with Crippen LogP contribution in [0.25, 0.3) is 10.8 Å². The van der Waals surface area contributed by atoms with Crippen LogP contribution in [0.15, 0.2) is 84.9 Å². The Bertz CT molecular complexity index is 1080. The molecule has 0 saturated heterocycles. The molecule has 0 aliphatic rings. The van der Waals surface area contributed by atoms with E-state index in [1.807, 2.05) is 37.3 Å². The highest BCUT2D eigenvalue weighted by Gasteiger charge is 2.04. The normalized spacial score (nSPS) is 10.8. The van der Waals surface area contributed by atoms with Crippen molar-refractivity contribution in [1.82, 2.24) is 0 Å². The Hall–Kier alpha value is -2.97. The summed E-state index contributed by atoms with van der Waals surface area (Å²) in [7, 11) is 0. The Morgan fingerprint density at radius 2 is 1.57 bits per heavy atom. The summed E-state index contributed by atoms with van der Waals surface area (Å²) >= 11 is 6.18. The number of fused-ring (bicyclic) bond motifs is 1. The molecule has 4 rings (SSSR count). The Morgan fingerprint density at radius 3 is 2.43 bits per heavy atom. The molecule has 0 aromatic heterocycles. The number of nitrogens with one attached hydrogen (secondary N) is 1. The third-order valence-electron chi connectivity index (χ3n) is 4.95. The maximum absolute atomic E-state index is 6.18. The van der Waals surface area contributed by atoms with Crippen LogP contribution in [0.4, 0.5) is 5.69 Å². The number of anilines is 1. The minimum absolute atomic E-state index is 0.556. The lowest BCUT2D eigenvalue weighted by Crippen LogP contribution is -2.01. The van der Waals surface area contributed by atoms with Gasteiger partial charge in [-0.15, -0.1) is 0 Å². The smallest absolute Gasteiger partial charge is 0.119 e. The van der Waals surface area contributed by atoms with Crippen molar-refractivity contribution in [3.8, 4) is 5.75 Å². The summed E-state index contributed by atoms with van der Waals surface area (Å²) in [5.74, 6) is 0.871. The van der Waals surface area contributed by atoms with Gasteiger partial charge in [-0.2, -0.15) is 0 Å². The predicted octanol–water partition coefficient (Wildman–Crippen LogP) is 6.99. The van der Waals surface area contributed by atoms with Crippen molar-refractivity contribution in [1.29, 1.82) is 0 Å². The van der Waals surface area contributed by atoms with E-state index < -0.39 is 0 Å². The average Bonchev–Trinajstić information content (AvgIpc) is 2.74. The van der Waals surface area contributed by atoms with E-state index >= 15 is 0 Å². The lowest BCUT2D eigenvalue weighted by atomic mass is 10.1. The van der Waals surface area contributed by atoms with Crippen molar-refractivity contribution >= 4 is 28.1 Å². The summed E-state index contributed by atoms with van der Waals surface area (Å²) in [6.07, 6.45) is 0. The lowest BCUT2D eigenvalue weighted by Gasteiger charge is -2.12. The number of halogens is 1. The molecule has 4 aromatic rings. The van der Waals surface area contributed by atoms with Crippen molar-refractivity contribution in [2.24, 2.45) is 0 Å². The second-order valence-corrected chi connectivity index (χ2v) is 7.24. The van der Waals surface area contributed by atoms with Gasteiger partial charge >= 0.3 is 0 Å². The average molecular weight is 388 g/mol. The fourth-order valence-electron chi connectivity index (χ4n) is 3.28. The van der Waals surface area contributed by atoms with Crippen molar-refractivity contribution < 1.29 is 4.74 Å². The maximum atomic E-state index is 6.18. The van der Waals surface area contributed by atoms with Gasteiger partial charge in [0.2, 0.25) is 0 Å². The molecular formula is C25H22ClNO. The van der Waals surface area contributed by atoms with Gasteiger partial charge in [-0.05, 0) is 58.7 Å². The molecule has 0 bridgehead atoms. The molecule has 0 fully saturated rings. The first-order valence-corrected chi connectivity index (χ1v) is 9.76. The second kappa shape index (κ2) is 8.37. The zero-order valence-electron chi connectivity index (χ0n) is 15.8. The van der Waals surface area contributed by atoms with Gasteiger partial charge in [0, 0.05) is 17.3 Å². The molecule has 0 aliphatic carbocycles. The van der Waals surface area contributed by atoms with Gasteiger partial charge in [0.1, 0.15) is 12.4 Å². The summed E-state index contributed by atoms with van der Waals surface area (Å²) in [4.78, 5) is 0. The predicted molar refractivity (Wildman–Crippen MR) is 118 cm³/mol. The topological polar surface area (TPSA) is 21.3 Å². The van der Waals surface area contributed by atoms with Gasteiger partial charge < -0.3 is 10.1 Å². The lowest BCUT2D eigenvalue weighted by molar-refractivity contribution is 0.307. The number of benzene rings is 4. The van der Waals surface area contributed by atoms with Crippen LogP contribution in [0, 0.1) is 6.92 Å². The zero-order valence-corrected chi connectivity index (χ0v) is 16.5. The molecule has 0 amide bonds. The van der Waals surface area contributed by atoms with Crippen LogP contribution in [0.3, 0.4) is 0 Å². The van der Waals surface area contributed by atoms with Gasteiger partial charge in [0.05, 0.1) is 0 Å². The standard InChI is InChI=1S/C25H22ClNO/c1-18-24(26)10-5-11-25(18)27-16-19-12-14-22(15-13-19)28-17-21-8-4-7-20-6-2-3-9-23(20)21/h2-15,27H,16-17H2,1H3. The van der Waals surface area contributed by atoms with Crippen molar-refractivity contribution in [2.75, 3.05) is 5.32 Å². The molecule has 140 valence electrons. The van der Waals surface area contributed by atoms with Crippen LogP contribution >= 0.6 is 11.6 Å². The van der Waals surface area contributed by atoms with E-state index in [4.69, 9.17) is 16.3 Å². The molecule has 0 unspecified atom stereocenters. The Labute approximate surface area is 170 Å². The molecule has 4 aromatic carbocycles. The second-order valence-electron chi connectivity index (χ2n) is 6.84. The number of rotatable bonds is 6. The minimum Gasteiger partial charge on any atom is -0.489 e. The summed E-state index contributed by atoms with van der Waals surface area (Å²) in [5.41, 5.74) is 4.51. The van der Waals surface area contributed by atoms with E-state index in [-0.39, 0.29) is 0 Å². The summed E-state index contributed by atoms with van der Waals surface area (Å²) in [6.45, 7) is 3.32. The fraction of sp³-hybridized carbons (Fsp3) is 0.120. The first-order valence-electron chi connectivity index (χ1n) is 9.38. The highest BCUT2D eigenvalue weighted by atomic mass is 35.5. The van der Waals surface area contributed by atoms with Crippen molar-refractivity contribution in [3.05, 3.63) is 107 Å². The number of ether oxygens (including phenoxy) is 1. The first-order chi connectivity index (χ1) is 13.7. The van der Waals surface area contributed by atoms with Gasteiger partial charge in [-0.3, -0.25) is 0 Å². The Morgan fingerprint density at radius 1 is 0.821 bits per heavy atom. The molecule has 1 N–H and O–H groups in total. The molecule has 0 spiro atoms. The van der Waals surface area contributed by atoms with Gasteiger partial charge in [0.25, 0.3) is 0 Å². The molecule has 0 atom stereocenters. The van der Waals surface area contributed by atoms with E-state index in [2.05, 4.69) is 59.9 Å². The molecule has 0 saturated carbocycles. The first kappa shape index (κ1) is 18.4. The van der Waals surface area contributed by atoms with Crippen molar-refractivity contribution in [3.63, 3.8) is 0 Å². The molecule has 0 aliphatic heterocycles. The van der Waals surface area contributed by atoms with Crippen LogP contribution in [-0.4, -0.2) is 0 Å².